The van der Waals surface area contributed by atoms with Gasteiger partial charge >= 0.3 is 6.11 Å². The van der Waals surface area contributed by atoms with Crippen molar-refractivity contribution in [2.45, 2.75) is 32.8 Å². The number of fused-ring (bicyclic) bond motifs is 1. The van der Waals surface area contributed by atoms with Gasteiger partial charge in [-0.15, -0.1) is 0 Å². The molecule has 88 valence electrons. The van der Waals surface area contributed by atoms with Crippen molar-refractivity contribution in [3.05, 3.63) is 17.3 Å². The highest BCUT2D eigenvalue weighted by atomic mass is 19.3. The van der Waals surface area contributed by atoms with Gasteiger partial charge in [-0.05, 0) is 24.0 Å². The van der Waals surface area contributed by atoms with Crippen molar-refractivity contribution < 1.29 is 13.5 Å². The van der Waals surface area contributed by atoms with E-state index in [4.69, 9.17) is 0 Å². The second kappa shape index (κ2) is 3.57. The molecule has 0 fully saturated rings. The lowest BCUT2D eigenvalue weighted by Crippen LogP contribution is -2.38. The Labute approximate surface area is 92.8 Å². The first-order chi connectivity index (χ1) is 7.41. The zero-order chi connectivity index (χ0) is 11.9. The highest BCUT2D eigenvalue weighted by Crippen LogP contribution is 2.37. The Balaban J connectivity index is 2.45. The first-order valence-corrected chi connectivity index (χ1v) is 5.21. The zero-order valence-electron chi connectivity index (χ0n) is 9.47. The first kappa shape index (κ1) is 11.1. The maximum Gasteiger partial charge on any atom is 0.416 e. The third-order valence-corrected chi connectivity index (χ3v) is 2.68. The second-order valence-corrected chi connectivity index (χ2v) is 4.27. The molecule has 2 rings (SSSR count). The Morgan fingerprint density at radius 2 is 2.19 bits per heavy atom. The van der Waals surface area contributed by atoms with Crippen LogP contribution in [0.2, 0.25) is 0 Å². The van der Waals surface area contributed by atoms with Gasteiger partial charge in [0.1, 0.15) is 12.2 Å². The molecule has 5 heteroatoms. The number of nitrogens with zero attached hydrogens (tertiary/aromatic N) is 1. The SMILES string of the molecule is Cc1c(C(C)C)cnc2c1NCC(F)(F)O2. The lowest BCUT2D eigenvalue weighted by atomic mass is 9.99. The van der Waals surface area contributed by atoms with Crippen LogP contribution in [0.3, 0.4) is 0 Å². The lowest BCUT2D eigenvalue weighted by molar-refractivity contribution is -0.169. The second-order valence-electron chi connectivity index (χ2n) is 4.27. The fourth-order valence-electron chi connectivity index (χ4n) is 1.83. The smallest absolute Gasteiger partial charge is 0.411 e. The van der Waals surface area contributed by atoms with Gasteiger partial charge in [0.2, 0.25) is 5.88 Å². The molecule has 1 N–H and O–H groups in total. The van der Waals surface area contributed by atoms with E-state index in [2.05, 4.69) is 15.0 Å². The van der Waals surface area contributed by atoms with E-state index < -0.39 is 12.7 Å². The van der Waals surface area contributed by atoms with Gasteiger partial charge in [0.25, 0.3) is 0 Å². The van der Waals surface area contributed by atoms with Crippen LogP contribution in [0.4, 0.5) is 14.5 Å². The number of halogens is 2. The molecule has 3 nitrogen and oxygen atoms in total. The van der Waals surface area contributed by atoms with E-state index in [1.807, 2.05) is 20.8 Å². The van der Waals surface area contributed by atoms with Crippen LogP contribution >= 0.6 is 0 Å². The number of pyridine rings is 1. The summed E-state index contributed by atoms with van der Waals surface area (Å²) in [6, 6.07) is 0. The molecule has 0 radical (unpaired) electrons. The van der Waals surface area contributed by atoms with Crippen molar-refractivity contribution in [3.63, 3.8) is 0 Å². The Kier molecular flexibility index (Phi) is 2.48. The van der Waals surface area contributed by atoms with E-state index in [1.54, 1.807) is 6.20 Å². The fraction of sp³-hybridized carbons (Fsp3) is 0.545. The average Bonchev–Trinajstić information content (AvgIpc) is 2.15. The number of hydrogen-bond acceptors (Lipinski definition) is 3. The molecule has 0 saturated heterocycles. The Bertz CT molecular complexity index is 419. The van der Waals surface area contributed by atoms with Crippen LogP contribution in [-0.2, 0) is 0 Å². The summed E-state index contributed by atoms with van der Waals surface area (Å²) in [6.07, 6.45) is -1.58. The Hall–Kier alpha value is -1.39. The van der Waals surface area contributed by atoms with Crippen molar-refractivity contribution in [3.8, 4) is 5.88 Å². The molecule has 1 aliphatic rings. The molecule has 0 aliphatic carbocycles. The lowest BCUT2D eigenvalue weighted by Gasteiger charge is -2.27. The van der Waals surface area contributed by atoms with E-state index in [0.717, 1.165) is 11.1 Å². The number of rotatable bonds is 1. The number of ether oxygens (including phenoxy) is 1. The zero-order valence-corrected chi connectivity index (χ0v) is 9.47. The number of hydrogen-bond donors (Lipinski definition) is 1. The Morgan fingerprint density at radius 1 is 1.50 bits per heavy atom. The minimum Gasteiger partial charge on any atom is -0.411 e. The van der Waals surface area contributed by atoms with E-state index in [0.29, 0.717) is 11.6 Å². The minimum atomic E-state index is -3.17. The van der Waals surface area contributed by atoms with Crippen LogP contribution in [-0.4, -0.2) is 17.6 Å². The van der Waals surface area contributed by atoms with Crippen molar-refractivity contribution >= 4 is 5.69 Å². The molecular formula is C11H14F2N2O. The first-order valence-electron chi connectivity index (χ1n) is 5.21. The normalized spacial score (nSPS) is 17.6. The number of aromatic nitrogens is 1. The number of anilines is 1. The maximum atomic E-state index is 12.9. The van der Waals surface area contributed by atoms with Gasteiger partial charge in [-0.25, -0.2) is 4.98 Å². The molecule has 2 heterocycles. The molecule has 0 amide bonds. The molecule has 0 aromatic carbocycles. The molecule has 0 atom stereocenters. The maximum absolute atomic E-state index is 12.9. The highest BCUT2D eigenvalue weighted by Gasteiger charge is 2.37. The summed E-state index contributed by atoms with van der Waals surface area (Å²) < 4.78 is 30.4. The predicted octanol–water partition coefficient (Wildman–Crippen LogP) is 2.91. The van der Waals surface area contributed by atoms with Gasteiger partial charge in [0, 0.05) is 6.20 Å². The van der Waals surface area contributed by atoms with E-state index in [1.165, 1.54) is 0 Å². The standard InChI is InChI=1S/C11H14F2N2O/c1-6(2)8-4-14-10-9(7(8)3)15-5-11(12,13)16-10/h4,6,15H,5H2,1-3H3. The molecule has 0 saturated carbocycles. The van der Waals surface area contributed by atoms with Gasteiger partial charge in [-0.3, -0.25) is 0 Å². The molecule has 1 aromatic heterocycles. The van der Waals surface area contributed by atoms with Crippen molar-refractivity contribution in [1.82, 2.24) is 4.98 Å². The van der Waals surface area contributed by atoms with Crippen molar-refractivity contribution in [1.29, 1.82) is 0 Å². The summed E-state index contributed by atoms with van der Waals surface area (Å²) in [4.78, 5) is 3.93. The summed E-state index contributed by atoms with van der Waals surface area (Å²) in [6.45, 7) is 5.45. The quantitative estimate of drug-likeness (QED) is 0.802. The molecule has 16 heavy (non-hydrogen) atoms. The summed E-state index contributed by atoms with van der Waals surface area (Å²) in [7, 11) is 0. The average molecular weight is 228 g/mol. The molecule has 1 aliphatic heterocycles. The summed E-state index contributed by atoms with van der Waals surface area (Å²) in [5, 5.41) is 2.68. The molecular weight excluding hydrogens is 214 g/mol. The van der Waals surface area contributed by atoms with Crippen LogP contribution in [0.25, 0.3) is 0 Å². The van der Waals surface area contributed by atoms with E-state index in [-0.39, 0.29) is 5.88 Å². The molecule has 1 aromatic rings. The van der Waals surface area contributed by atoms with Gasteiger partial charge in [0.15, 0.2) is 0 Å². The topological polar surface area (TPSA) is 34.2 Å². The van der Waals surface area contributed by atoms with E-state index >= 15 is 0 Å². The third kappa shape index (κ3) is 1.81. The van der Waals surface area contributed by atoms with Gasteiger partial charge in [-0.2, -0.15) is 8.78 Å². The molecule has 0 spiro atoms. The largest absolute Gasteiger partial charge is 0.416 e. The van der Waals surface area contributed by atoms with Crippen LogP contribution in [0.15, 0.2) is 6.20 Å². The van der Waals surface area contributed by atoms with Crippen LogP contribution < -0.4 is 10.1 Å². The van der Waals surface area contributed by atoms with Crippen LogP contribution in [0.1, 0.15) is 30.9 Å². The monoisotopic (exact) mass is 228 g/mol. The highest BCUT2D eigenvalue weighted by molar-refractivity contribution is 5.62. The van der Waals surface area contributed by atoms with Crippen molar-refractivity contribution in [2.75, 3.05) is 11.9 Å². The number of nitrogens with one attached hydrogen (secondary N) is 1. The number of alkyl halides is 2. The van der Waals surface area contributed by atoms with Gasteiger partial charge in [0.05, 0.1) is 0 Å². The predicted molar refractivity (Wildman–Crippen MR) is 57.1 cm³/mol. The van der Waals surface area contributed by atoms with Gasteiger partial charge in [-0.1, -0.05) is 13.8 Å². The third-order valence-electron chi connectivity index (χ3n) is 2.68. The fourth-order valence-corrected chi connectivity index (χ4v) is 1.83. The van der Waals surface area contributed by atoms with Crippen LogP contribution in [0.5, 0.6) is 5.88 Å². The van der Waals surface area contributed by atoms with Gasteiger partial charge < -0.3 is 10.1 Å². The summed E-state index contributed by atoms with van der Waals surface area (Å²) >= 11 is 0. The van der Waals surface area contributed by atoms with E-state index in [9.17, 15) is 8.78 Å². The van der Waals surface area contributed by atoms with Crippen molar-refractivity contribution in [2.24, 2.45) is 0 Å². The Morgan fingerprint density at radius 3 is 2.81 bits per heavy atom. The summed E-state index contributed by atoms with van der Waals surface area (Å²) in [5.41, 5.74) is 2.55. The summed E-state index contributed by atoms with van der Waals surface area (Å²) in [5.74, 6) is 0.292. The minimum absolute atomic E-state index is 0.0156. The molecule has 0 unspecified atom stereocenters. The van der Waals surface area contributed by atoms with Crippen LogP contribution in [0, 0.1) is 6.92 Å². The molecule has 0 bridgehead atoms.